The van der Waals surface area contributed by atoms with Gasteiger partial charge in [0.1, 0.15) is 0 Å². The van der Waals surface area contributed by atoms with Crippen molar-refractivity contribution in [2.24, 2.45) is 0 Å². The molecular formula is C11H11BrN2S. The molecule has 0 saturated carbocycles. The summed E-state index contributed by atoms with van der Waals surface area (Å²) < 4.78 is 1.15. The Bertz CT molecular complexity index is 453. The maximum absolute atomic E-state index is 4.15. The zero-order valence-electron chi connectivity index (χ0n) is 8.33. The first kappa shape index (κ1) is 10.6. The second-order valence-electron chi connectivity index (χ2n) is 3.27. The highest BCUT2D eigenvalue weighted by molar-refractivity contribution is 9.10. The lowest BCUT2D eigenvalue weighted by atomic mass is 10.3. The van der Waals surface area contributed by atoms with E-state index >= 15 is 0 Å². The Hall–Kier alpha value is -0.870. The van der Waals surface area contributed by atoms with Gasteiger partial charge in [0.05, 0.1) is 0 Å². The Kier molecular flexibility index (Phi) is 3.38. The summed E-state index contributed by atoms with van der Waals surface area (Å²) in [4.78, 5) is 5.47. The van der Waals surface area contributed by atoms with E-state index in [2.05, 4.69) is 37.7 Å². The summed E-state index contributed by atoms with van der Waals surface area (Å²) in [5.74, 6) is 0. The van der Waals surface area contributed by atoms with Crippen molar-refractivity contribution in [3.05, 3.63) is 44.8 Å². The summed E-state index contributed by atoms with van der Waals surface area (Å²) >= 11 is 5.19. The second-order valence-corrected chi connectivity index (χ2v) is 5.18. The highest BCUT2D eigenvalue weighted by Gasteiger charge is 1.97. The van der Waals surface area contributed by atoms with Crippen LogP contribution in [-0.4, -0.2) is 4.98 Å². The standard InChI is InChI=1S/C11H11BrN2S/c1-8-4-10(2-3-13-8)14-6-11-5-9(12)7-15-11/h2-5,7H,6H2,1H3,(H,13,14). The van der Waals surface area contributed by atoms with Gasteiger partial charge in [0, 0.05) is 38.9 Å². The molecule has 78 valence electrons. The highest BCUT2D eigenvalue weighted by atomic mass is 79.9. The SMILES string of the molecule is Cc1cc(NCc2cc(Br)cs2)ccn1. The van der Waals surface area contributed by atoms with Crippen molar-refractivity contribution < 1.29 is 0 Å². The molecule has 0 fully saturated rings. The third kappa shape index (κ3) is 3.04. The van der Waals surface area contributed by atoms with Gasteiger partial charge in [0.2, 0.25) is 0 Å². The Morgan fingerprint density at radius 1 is 1.47 bits per heavy atom. The Morgan fingerprint density at radius 2 is 2.33 bits per heavy atom. The minimum absolute atomic E-state index is 0.861. The topological polar surface area (TPSA) is 24.9 Å². The quantitative estimate of drug-likeness (QED) is 0.926. The number of thiophene rings is 1. The van der Waals surface area contributed by atoms with Crippen molar-refractivity contribution in [1.29, 1.82) is 0 Å². The predicted octanol–water partition coefficient (Wildman–Crippen LogP) is 3.83. The molecule has 0 amide bonds. The minimum atomic E-state index is 0.861. The van der Waals surface area contributed by atoms with E-state index in [-0.39, 0.29) is 0 Å². The fraction of sp³-hybridized carbons (Fsp3) is 0.182. The van der Waals surface area contributed by atoms with Gasteiger partial charge >= 0.3 is 0 Å². The first-order chi connectivity index (χ1) is 7.24. The molecule has 0 saturated heterocycles. The third-order valence-corrected chi connectivity index (χ3v) is 3.68. The molecule has 2 rings (SSSR count). The van der Waals surface area contributed by atoms with Crippen molar-refractivity contribution in [1.82, 2.24) is 4.98 Å². The molecule has 2 heterocycles. The van der Waals surface area contributed by atoms with Crippen LogP contribution in [0, 0.1) is 6.92 Å². The van der Waals surface area contributed by atoms with Crippen LogP contribution in [-0.2, 0) is 6.54 Å². The molecule has 0 bridgehead atoms. The van der Waals surface area contributed by atoms with E-state index in [4.69, 9.17) is 0 Å². The van der Waals surface area contributed by atoms with E-state index in [9.17, 15) is 0 Å². The fourth-order valence-corrected chi connectivity index (χ4v) is 2.68. The van der Waals surface area contributed by atoms with Crippen LogP contribution in [0.2, 0.25) is 0 Å². The van der Waals surface area contributed by atoms with Crippen molar-refractivity contribution in [2.45, 2.75) is 13.5 Å². The van der Waals surface area contributed by atoms with Crippen LogP contribution in [0.1, 0.15) is 10.6 Å². The van der Waals surface area contributed by atoms with Crippen LogP contribution < -0.4 is 5.32 Å². The number of pyridine rings is 1. The lowest BCUT2D eigenvalue weighted by molar-refractivity contribution is 1.15. The predicted molar refractivity (Wildman–Crippen MR) is 68.3 cm³/mol. The van der Waals surface area contributed by atoms with E-state index in [1.807, 2.05) is 25.3 Å². The fourth-order valence-electron chi connectivity index (χ4n) is 1.29. The van der Waals surface area contributed by atoms with Gasteiger partial charge in [-0.05, 0) is 41.1 Å². The van der Waals surface area contributed by atoms with Crippen LogP contribution >= 0.6 is 27.3 Å². The van der Waals surface area contributed by atoms with E-state index in [0.29, 0.717) is 0 Å². The number of nitrogens with one attached hydrogen (secondary N) is 1. The summed E-state index contributed by atoms with van der Waals surface area (Å²) in [6.45, 7) is 2.85. The Morgan fingerprint density at radius 3 is 3.00 bits per heavy atom. The second kappa shape index (κ2) is 4.77. The summed E-state index contributed by atoms with van der Waals surface area (Å²) in [7, 11) is 0. The summed E-state index contributed by atoms with van der Waals surface area (Å²) in [6, 6.07) is 6.16. The van der Waals surface area contributed by atoms with E-state index in [0.717, 1.165) is 22.4 Å². The number of aromatic nitrogens is 1. The smallest absolute Gasteiger partial charge is 0.0494 e. The monoisotopic (exact) mass is 282 g/mol. The van der Waals surface area contributed by atoms with Crippen molar-refractivity contribution in [3.8, 4) is 0 Å². The molecule has 0 radical (unpaired) electrons. The maximum Gasteiger partial charge on any atom is 0.0494 e. The molecule has 0 aliphatic heterocycles. The lowest BCUT2D eigenvalue weighted by Crippen LogP contribution is -1.97. The number of hydrogen-bond acceptors (Lipinski definition) is 3. The zero-order valence-corrected chi connectivity index (χ0v) is 10.7. The molecule has 0 aromatic carbocycles. The van der Waals surface area contributed by atoms with Crippen molar-refractivity contribution in [2.75, 3.05) is 5.32 Å². The largest absolute Gasteiger partial charge is 0.380 e. The van der Waals surface area contributed by atoms with Crippen LogP contribution in [0.3, 0.4) is 0 Å². The molecule has 2 aromatic rings. The maximum atomic E-state index is 4.15. The molecule has 1 N–H and O–H groups in total. The Balaban J connectivity index is 1.99. The zero-order chi connectivity index (χ0) is 10.7. The van der Waals surface area contributed by atoms with Gasteiger partial charge in [-0.3, -0.25) is 4.98 Å². The average molecular weight is 283 g/mol. The Labute approximate surface area is 101 Å². The number of aryl methyl sites for hydroxylation is 1. The first-order valence-electron chi connectivity index (χ1n) is 4.63. The van der Waals surface area contributed by atoms with Gasteiger partial charge in [-0.2, -0.15) is 0 Å². The van der Waals surface area contributed by atoms with Crippen LogP contribution in [0.15, 0.2) is 34.2 Å². The summed E-state index contributed by atoms with van der Waals surface area (Å²) in [5.41, 5.74) is 2.15. The van der Waals surface area contributed by atoms with Crippen LogP contribution in [0.25, 0.3) is 0 Å². The molecule has 0 aliphatic carbocycles. The van der Waals surface area contributed by atoms with E-state index < -0.39 is 0 Å². The molecule has 2 aromatic heterocycles. The van der Waals surface area contributed by atoms with Crippen molar-refractivity contribution >= 4 is 33.0 Å². The molecule has 0 atom stereocenters. The van der Waals surface area contributed by atoms with Gasteiger partial charge in [-0.25, -0.2) is 0 Å². The van der Waals surface area contributed by atoms with E-state index in [1.165, 1.54) is 4.88 Å². The van der Waals surface area contributed by atoms with Crippen LogP contribution in [0.4, 0.5) is 5.69 Å². The lowest BCUT2D eigenvalue weighted by Gasteiger charge is -2.04. The number of halogens is 1. The minimum Gasteiger partial charge on any atom is -0.380 e. The average Bonchev–Trinajstić information content (AvgIpc) is 2.62. The van der Waals surface area contributed by atoms with Gasteiger partial charge in [-0.15, -0.1) is 11.3 Å². The number of rotatable bonds is 3. The summed E-state index contributed by atoms with van der Waals surface area (Å²) in [5, 5.41) is 5.46. The van der Waals surface area contributed by atoms with Gasteiger partial charge in [-0.1, -0.05) is 0 Å². The number of anilines is 1. The molecule has 0 unspecified atom stereocenters. The van der Waals surface area contributed by atoms with Gasteiger partial charge in [0.15, 0.2) is 0 Å². The van der Waals surface area contributed by atoms with E-state index in [1.54, 1.807) is 11.3 Å². The molecule has 0 aliphatic rings. The molecule has 15 heavy (non-hydrogen) atoms. The normalized spacial score (nSPS) is 10.3. The summed E-state index contributed by atoms with van der Waals surface area (Å²) in [6.07, 6.45) is 1.82. The molecule has 0 spiro atoms. The number of nitrogens with zero attached hydrogens (tertiary/aromatic N) is 1. The molecule has 4 heteroatoms. The highest BCUT2D eigenvalue weighted by Crippen LogP contribution is 2.20. The number of hydrogen-bond donors (Lipinski definition) is 1. The molecule has 2 nitrogen and oxygen atoms in total. The third-order valence-electron chi connectivity index (χ3n) is 1.99. The van der Waals surface area contributed by atoms with Crippen LogP contribution in [0.5, 0.6) is 0 Å². The van der Waals surface area contributed by atoms with Gasteiger partial charge < -0.3 is 5.32 Å². The first-order valence-corrected chi connectivity index (χ1v) is 6.31. The van der Waals surface area contributed by atoms with Gasteiger partial charge in [0.25, 0.3) is 0 Å². The van der Waals surface area contributed by atoms with Crippen molar-refractivity contribution in [3.63, 3.8) is 0 Å². The molecular weight excluding hydrogens is 272 g/mol.